The van der Waals surface area contributed by atoms with Crippen LogP contribution in [0.3, 0.4) is 0 Å². The minimum absolute atomic E-state index is 0.0666. The van der Waals surface area contributed by atoms with Gasteiger partial charge in [0.25, 0.3) is 10.1 Å². The fraction of sp³-hybridized carbons (Fsp3) is 0.350. The van der Waals surface area contributed by atoms with Gasteiger partial charge in [0, 0.05) is 19.4 Å². The number of pyridine rings is 1. The summed E-state index contributed by atoms with van der Waals surface area (Å²) >= 11 is 0. The fourth-order valence-electron chi connectivity index (χ4n) is 3.15. The molecule has 0 unspecified atom stereocenters. The zero-order valence-electron chi connectivity index (χ0n) is 15.8. The molecule has 0 aliphatic carbocycles. The van der Waals surface area contributed by atoms with Gasteiger partial charge in [-0.05, 0) is 56.4 Å². The number of anilines is 1. The Morgan fingerprint density at radius 2 is 1.86 bits per heavy atom. The average molecular weight is 404 g/mol. The maximum Gasteiger partial charge on any atom is 0.294 e. The quantitative estimate of drug-likeness (QED) is 0.651. The third-order valence-electron chi connectivity index (χ3n) is 4.80. The van der Waals surface area contributed by atoms with E-state index in [1.807, 2.05) is 35.8 Å². The van der Waals surface area contributed by atoms with Gasteiger partial charge in [0.15, 0.2) is 0 Å². The van der Waals surface area contributed by atoms with E-state index in [-0.39, 0.29) is 4.90 Å². The van der Waals surface area contributed by atoms with Gasteiger partial charge in [0.2, 0.25) is 0 Å². The van der Waals surface area contributed by atoms with Crippen molar-refractivity contribution in [3.05, 3.63) is 59.9 Å². The summed E-state index contributed by atoms with van der Waals surface area (Å²) in [4.78, 5) is -0.0666. The molecule has 4 rings (SSSR count). The summed E-state index contributed by atoms with van der Waals surface area (Å²) in [7, 11) is -4.02. The van der Waals surface area contributed by atoms with E-state index < -0.39 is 10.1 Å². The zero-order chi connectivity index (χ0) is 20.1. The second-order valence-corrected chi connectivity index (χ2v) is 8.36. The smallest absolute Gasteiger partial charge is 0.294 e. The fourth-order valence-corrected chi connectivity index (χ4v) is 3.63. The van der Waals surface area contributed by atoms with Crippen LogP contribution in [0.25, 0.3) is 5.52 Å². The van der Waals surface area contributed by atoms with Crippen molar-refractivity contribution in [1.29, 1.82) is 0 Å². The molecule has 3 N–H and O–H groups in total. The largest absolute Gasteiger partial charge is 0.395 e. The summed E-state index contributed by atoms with van der Waals surface area (Å²) in [6.45, 7) is 3.59. The van der Waals surface area contributed by atoms with Crippen molar-refractivity contribution in [2.45, 2.75) is 31.1 Å². The van der Waals surface area contributed by atoms with Gasteiger partial charge in [-0.25, -0.2) is 4.52 Å². The monoisotopic (exact) mass is 403 g/mol. The van der Waals surface area contributed by atoms with Crippen LogP contribution in [-0.2, 0) is 21.3 Å². The molecular weight excluding hydrogens is 378 g/mol. The van der Waals surface area contributed by atoms with Gasteiger partial charge in [-0.2, -0.15) is 13.5 Å². The Labute approximate surface area is 164 Å². The summed E-state index contributed by atoms with van der Waals surface area (Å²) in [6, 6.07) is 12.0. The van der Waals surface area contributed by atoms with Gasteiger partial charge in [-0.3, -0.25) is 4.55 Å². The van der Waals surface area contributed by atoms with Crippen molar-refractivity contribution in [2.24, 2.45) is 5.92 Å². The summed E-state index contributed by atoms with van der Waals surface area (Å²) in [6.07, 6.45) is 5.15. The highest BCUT2D eigenvalue weighted by Gasteiger charge is 2.18. The summed E-state index contributed by atoms with van der Waals surface area (Å²) < 4.78 is 36.8. The van der Waals surface area contributed by atoms with E-state index in [2.05, 4.69) is 5.10 Å². The molecule has 150 valence electrons. The molecule has 3 aromatic rings. The summed E-state index contributed by atoms with van der Waals surface area (Å²) in [5.74, 6) is 0.663. The molecule has 0 bridgehead atoms. The molecule has 28 heavy (non-hydrogen) atoms. The van der Waals surface area contributed by atoms with Crippen LogP contribution in [0.4, 0.5) is 5.69 Å². The van der Waals surface area contributed by atoms with E-state index in [9.17, 15) is 8.42 Å². The minimum atomic E-state index is -4.02. The number of aryl methyl sites for hydroxylation is 1. The molecule has 0 saturated carbocycles. The summed E-state index contributed by atoms with van der Waals surface area (Å²) in [5.41, 5.74) is 9.97. The molecule has 8 heteroatoms. The third kappa shape index (κ3) is 5.09. The molecule has 3 heterocycles. The van der Waals surface area contributed by atoms with Crippen LogP contribution in [-0.4, -0.2) is 35.8 Å². The Morgan fingerprint density at radius 3 is 2.46 bits per heavy atom. The molecule has 7 nitrogen and oxygen atoms in total. The van der Waals surface area contributed by atoms with E-state index in [4.69, 9.17) is 15.0 Å². The number of fused-ring (bicyclic) bond motifs is 1. The Hall–Kier alpha value is -2.42. The first-order valence-electron chi connectivity index (χ1n) is 9.18. The normalized spacial score (nSPS) is 15.2. The molecule has 1 fully saturated rings. The molecule has 1 aromatic carbocycles. The van der Waals surface area contributed by atoms with Gasteiger partial charge in [-0.15, -0.1) is 0 Å². The number of rotatable bonds is 3. The lowest BCUT2D eigenvalue weighted by atomic mass is 9.94. The molecule has 1 aliphatic rings. The average Bonchev–Trinajstić information content (AvgIpc) is 2.99. The maximum atomic E-state index is 10.5. The molecule has 2 aromatic heterocycles. The molecule has 1 aliphatic heterocycles. The second-order valence-electron chi connectivity index (χ2n) is 6.94. The Balaban J connectivity index is 0.000000178. The molecule has 0 spiro atoms. The number of hydrogen-bond donors (Lipinski definition) is 2. The predicted molar refractivity (Wildman–Crippen MR) is 108 cm³/mol. The minimum Gasteiger partial charge on any atom is -0.395 e. The lowest BCUT2D eigenvalue weighted by Crippen LogP contribution is -2.18. The Kier molecular flexibility index (Phi) is 6.33. The highest BCUT2D eigenvalue weighted by Crippen LogP contribution is 2.25. The maximum absolute atomic E-state index is 10.5. The molecule has 0 radical (unpaired) electrons. The highest BCUT2D eigenvalue weighted by atomic mass is 32.2. The number of hydrogen-bond acceptors (Lipinski definition) is 5. The number of ether oxygens (including phenoxy) is 1. The molecule has 0 atom stereocenters. The van der Waals surface area contributed by atoms with Crippen LogP contribution in [0, 0.1) is 12.8 Å². The number of nitrogens with two attached hydrogens (primary N) is 1. The molecular formula is C20H25N3O4S. The van der Waals surface area contributed by atoms with Crippen molar-refractivity contribution in [3.63, 3.8) is 0 Å². The molecule has 1 saturated heterocycles. The first kappa shape index (κ1) is 20.3. The van der Waals surface area contributed by atoms with Crippen molar-refractivity contribution in [2.75, 3.05) is 18.9 Å². The topological polar surface area (TPSA) is 107 Å². The first-order valence-corrected chi connectivity index (χ1v) is 10.6. The first-order chi connectivity index (χ1) is 13.3. The van der Waals surface area contributed by atoms with Crippen molar-refractivity contribution in [1.82, 2.24) is 9.61 Å². The van der Waals surface area contributed by atoms with Gasteiger partial charge in [0.05, 0.1) is 21.8 Å². The van der Waals surface area contributed by atoms with E-state index in [1.54, 1.807) is 12.1 Å². The summed E-state index contributed by atoms with van der Waals surface area (Å²) in [5, 5.41) is 4.56. The van der Waals surface area contributed by atoms with Crippen molar-refractivity contribution < 1.29 is 17.7 Å². The number of nitrogens with zero attached hydrogens (tertiary/aromatic N) is 2. The lowest BCUT2D eigenvalue weighted by Gasteiger charge is -2.21. The van der Waals surface area contributed by atoms with Crippen LogP contribution in [0.1, 0.15) is 24.1 Å². The van der Waals surface area contributed by atoms with Crippen LogP contribution in [0.5, 0.6) is 0 Å². The SMILES string of the molecule is Cc1ccc(S(=O)(=O)O)cc1.Nc1c(CC2CCOCC2)nn2ccccc12. The van der Waals surface area contributed by atoms with Gasteiger partial charge < -0.3 is 10.5 Å². The number of aromatic nitrogens is 2. The van der Waals surface area contributed by atoms with Gasteiger partial charge >= 0.3 is 0 Å². The van der Waals surface area contributed by atoms with E-state index in [0.717, 1.165) is 54.9 Å². The van der Waals surface area contributed by atoms with E-state index in [1.165, 1.54) is 12.1 Å². The van der Waals surface area contributed by atoms with Gasteiger partial charge in [-0.1, -0.05) is 23.8 Å². The van der Waals surface area contributed by atoms with E-state index in [0.29, 0.717) is 5.92 Å². The van der Waals surface area contributed by atoms with Crippen molar-refractivity contribution >= 4 is 21.3 Å². The standard InChI is InChI=1S/C13H17N3O.C7H8O3S/c14-13-11(9-10-4-7-17-8-5-10)15-16-6-2-1-3-12(13)16;1-6-2-4-7(5-3-6)11(8,9)10/h1-3,6,10H,4-5,7-9,14H2;2-5H,1H3,(H,8,9,10). The van der Waals surface area contributed by atoms with Gasteiger partial charge in [0.1, 0.15) is 0 Å². The third-order valence-corrected chi connectivity index (χ3v) is 5.66. The second kappa shape index (κ2) is 8.72. The highest BCUT2D eigenvalue weighted by molar-refractivity contribution is 7.85. The van der Waals surface area contributed by atoms with E-state index >= 15 is 0 Å². The van der Waals surface area contributed by atoms with Crippen molar-refractivity contribution in [3.8, 4) is 0 Å². The lowest BCUT2D eigenvalue weighted by molar-refractivity contribution is 0.0663. The van der Waals surface area contributed by atoms with Crippen LogP contribution in [0.15, 0.2) is 53.6 Å². The Morgan fingerprint density at radius 1 is 1.18 bits per heavy atom. The Bertz CT molecular complexity index is 1020. The molecule has 0 amide bonds. The van der Waals surface area contributed by atoms with Crippen LogP contribution in [0.2, 0.25) is 0 Å². The number of nitrogen functional groups attached to an aromatic ring is 1. The number of benzene rings is 1. The van der Waals surface area contributed by atoms with Crippen LogP contribution >= 0.6 is 0 Å². The zero-order valence-corrected chi connectivity index (χ0v) is 16.6. The predicted octanol–water partition coefficient (Wildman–Crippen LogP) is 3.13. The van der Waals surface area contributed by atoms with Crippen LogP contribution < -0.4 is 5.73 Å².